The van der Waals surface area contributed by atoms with Gasteiger partial charge < -0.3 is 19.9 Å². The van der Waals surface area contributed by atoms with E-state index in [0.717, 1.165) is 6.42 Å². The monoisotopic (exact) mass is 321 g/mol. The van der Waals surface area contributed by atoms with E-state index in [0.29, 0.717) is 0 Å². The van der Waals surface area contributed by atoms with Gasteiger partial charge in [-0.15, -0.1) is 0 Å². The zero-order valence-electron chi connectivity index (χ0n) is 13.9. The van der Waals surface area contributed by atoms with Crippen molar-refractivity contribution in [3.63, 3.8) is 0 Å². The smallest absolute Gasteiger partial charge is 0.258 e. The van der Waals surface area contributed by atoms with Crippen molar-refractivity contribution in [1.29, 1.82) is 0 Å². The molecular formula is C17H23NO5. The molecule has 6 heteroatoms. The van der Waals surface area contributed by atoms with Gasteiger partial charge in [0.15, 0.2) is 12.4 Å². The minimum Gasteiger partial charge on any atom is -0.507 e. The lowest BCUT2D eigenvalue weighted by molar-refractivity contribution is -0.123. The molecule has 23 heavy (non-hydrogen) atoms. The number of rotatable bonds is 5. The summed E-state index contributed by atoms with van der Waals surface area (Å²) >= 11 is 0. The minimum absolute atomic E-state index is 0.0739. The van der Waals surface area contributed by atoms with Crippen molar-refractivity contribution in [3.05, 3.63) is 17.7 Å². The van der Waals surface area contributed by atoms with Gasteiger partial charge in [-0.25, -0.2) is 0 Å². The molecule has 0 spiro atoms. The largest absolute Gasteiger partial charge is 0.507 e. The summed E-state index contributed by atoms with van der Waals surface area (Å²) in [5.41, 5.74) is -0.468. The van der Waals surface area contributed by atoms with Crippen LogP contribution in [0.3, 0.4) is 0 Å². The number of ether oxygens (including phenoxy) is 2. The van der Waals surface area contributed by atoms with E-state index in [2.05, 4.69) is 5.32 Å². The summed E-state index contributed by atoms with van der Waals surface area (Å²) in [7, 11) is 0. The standard InChI is InChI=1S/C17H23NO5/c1-5-10(2)18-15(21)9-22-11-6-12(19)16-13(20)8-17(3,4)23-14(16)7-11/h6-7,10,19H,5,8-9H2,1-4H3,(H,18,21). The normalized spacial score (nSPS) is 17.0. The zero-order chi connectivity index (χ0) is 17.2. The third kappa shape index (κ3) is 4.15. The number of ketones is 1. The average Bonchev–Trinajstić information content (AvgIpc) is 2.42. The van der Waals surface area contributed by atoms with E-state index < -0.39 is 5.60 Å². The van der Waals surface area contributed by atoms with E-state index in [1.807, 2.05) is 13.8 Å². The first-order chi connectivity index (χ1) is 10.7. The number of aromatic hydroxyl groups is 1. The van der Waals surface area contributed by atoms with Crippen LogP contribution in [-0.4, -0.2) is 35.0 Å². The molecule has 0 saturated carbocycles. The predicted molar refractivity (Wildman–Crippen MR) is 85.2 cm³/mol. The van der Waals surface area contributed by atoms with Crippen LogP contribution in [0.15, 0.2) is 12.1 Å². The van der Waals surface area contributed by atoms with Crippen LogP contribution in [-0.2, 0) is 4.79 Å². The van der Waals surface area contributed by atoms with Crippen LogP contribution in [0.4, 0.5) is 0 Å². The lowest BCUT2D eigenvalue weighted by atomic mass is 9.92. The fraction of sp³-hybridized carbons (Fsp3) is 0.529. The molecule has 0 fully saturated rings. The molecule has 1 unspecified atom stereocenters. The Morgan fingerprint density at radius 1 is 1.48 bits per heavy atom. The Kier molecular flexibility index (Phi) is 4.82. The van der Waals surface area contributed by atoms with E-state index in [4.69, 9.17) is 9.47 Å². The molecule has 6 nitrogen and oxygen atoms in total. The highest BCUT2D eigenvalue weighted by atomic mass is 16.5. The number of carbonyl (C=O) groups is 2. The number of nitrogens with one attached hydrogen (secondary N) is 1. The van der Waals surface area contributed by atoms with Crippen molar-refractivity contribution in [2.75, 3.05) is 6.61 Å². The van der Waals surface area contributed by atoms with E-state index >= 15 is 0 Å². The number of phenolic OH excluding ortho intramolecular Hbond substituents is 1. The number of amides is 1. The molecular weight excluding hydrogens is 298 g/mol. The van der Waals surface area contributed by atoms with Gasteiger partial charge in [0.25, 0.3) is 5.91 Å². The number of fused-ring (bicyclic) bond motifs is 1. The molecule has 1 atom stereocenters. The molecule has 2 N–H and O–H groups in total. The Labute approximate surface area is 135 Å². The molecule has 0 aromatic heterocycles. The summed E-state index contributed by atoms with van der Waals surface area (Å²) in [6, 6.07) is 2.93. The molecule has 126 valence electrons. The quantitative estimate of drug-likeness (QED) is 0.870. The summed E-state index contributed by atoms with van der Waals surface area (Å²) in [6.45, 7) is 7.32. The van der Waals surface area contributed by atoms with Gasteiger partial charge in [0.05, 0.1) is 6.42 Å². The SMILES string of the molecule is CCC(C)NC(=O)COc1cc(O)c2c(c1)OC(C)(C)CC2=O. The summed E-state index contributed by atoms with van der Waals surface area (Å²) in [5.74, 6) is -0.0429. The van der Waals surface area contributed by atoms with Crippen molar-refractivity contribution in [2.45, 2.75) is 52.2 Å². The molecule has 0 bridgehead atoms. The van der Waals surface area contributed by atoms with Crippen LogP contribution in [0.1, 0.15) is 50.9 Å². The molecule has 1 aliphatic rings. The van der Waals surface area contributed by atoms with E-state index in [1.54, 1.807) is 13.8 Å². The molecule has 1 aromatic carbocycles. The van der Waals surface area contributed by atoms with Crippen molar-refractivity contribution in [1.82, 2.24) is 5.32 Å². The van der Waals surface area contributed by atoms with E-state index in [-0.39, 0.29) is 53.6 Å². The third-order valence-electron chi connectivity index (χ3n) is 3.70. The number of hydrogen-bond acceptors (Lipinski definition) is 5. The van der Waals surface area contributed by atoms with Gasteiger partial charge >= 0.3 is 0 Å². The van der Waals surface area contributed by atoms with Crippen LogP contribution >= 0.6 is 0 Å². The maximum atomic E-state index is 12.1. The summed E-state index contributed by atoms with van der Waals surface area (Å²) in [4.78, 5) is 23.8. The zero-order valence-corrected chi connectivity index (χ0v) is 13.9. The first-order valence-electron chi connectivity index (χ1n) is 7.73. The topological polar surface area (TPSA) is 84.9 Å². The molecule has 1 aliphatic heterocycles. The lowest BCUT2D eigenvalue weighted by Gasteiger charge is -2.32. The Balaban J connectivity index is 2.12. The van der Waals surface area contributed by atoms with Crippen molar-refractivity contribution < 1.29 is 24.2 Å². The number of Topliss-reactive ketones (excluding diaryl/α,β-unsaturated/α-hetero) is 1. The molecule has 0 radical (unpaired) electrons. The Bertz CT molecular complexity index is 624. The number of benzene rings is 1. The highest BCUT2D eigenvalue weighted by molar-refractivity contribution is 6.03. The molecule has 1 heterocycles. The summed E-state index contributed by atoms with van der Waals surface area (Å²) in [6.07, 6.45) is 1.03. The Morgan fingerprint density at radius 3 is 2.83 bits per heavy atom. The highest BCUT2D eigenvalue weighted by Crippen LogP contribution is 2.40. The first kappa shape index (κ1) is 17.1. The molecule has 0 aliphatic carbocycles. The second kappa shape index (κ2) is 6.48. The van der Waals surface area contributed by atoms with Crippen molar-refractivity contribution >= 4 is 11.7 Å². The fourth-order valence-electron chi connectivity index (χ4n) is 2.40. The predicted octanol–water partition coefficient (Wildman–Crippen LogP) is 2.43. The van der Waals surface area contributed by atoms with Crippen molar-refractivity contribution in [3.8, 4) is 17.2 Å². The molecule has 1 aromatic rings. The summed E-state index contributed by atoms with van der Waals surface area (Å²) in [5, 5.41) is 12.8. The second-order valence-corrected chi connectivity index (χ2v) is 6.44. The number of phenols is 1. The molecule has 2 rings (SSSR count). The molecule has 1 amide bonds. The number of carbonyl (C=O) groups excluding carboxylic acids is 2. The van der Waals surface area contributed by atoms with Crippen LogP contribution in [0, 0.1) is 0 Å². The van der Waals surface area contributed by atoms with Crippen LogP contribution in [0.5, 0.6) is 17.2 Å². The van der Waals surface area contributed by atoms with Crippen LogP contribution < -0.4 is 14.8 Å². The second-order valence-electron chi connectivity index (χ2n) is 6.44. The van der Waals surface area contributed by atoms with Crippen molar-refractivity contribution in [2.24, 2.45) is 0 Å². The van der Waals surface area contributed by atoms with Gasteiger partial charge in [-0.05, 0) is 27.2 Å². The maximum Gasteiger partial charge on any atom is 0.258 e. The minimum atomic E-state index is -0.636. The Hall–Kier alpha value is -2.24. The van der Waals surface area contributed by atoms with Gasteiger partial charge in [-0.3, -0.25) is 9.59 Å². The van der Waals surface area contributed by atoms with Gasteiger partial charge in [-0.2, -0.15) is 0 Å². The van der Waals surface area contributed by atoms with Gasteiger partial charge in [-0.1, -0.05) is 6.92 Å². The fourth-order valence-corrected chi connectivity index (χ4v) is 2.40. The van der Waals surface area contributed by atoms with Crippen LogP contribution in [0.2, 0.25) is 0 Å². The average molecular weight is 321 g/mol. The third-order valence-corrected chi connectivity index (χ3v) is 3.70. The van der Waals surface area contributed by atoms with Gasteiger partial charge in [0.1, 0.15) is 28.4 Å². The van der Waals surface area contributed by atoms with Gasteiger partial charge in [0.2, 0.25) is 0 Å². The molecule has 0 saturated heterocycles. The lowest BCUT2D eigenvalue weighted by Crippen LogP contribution is -2.36. The maximum absolute atomic E-state index is 12.1. The summed E-state index contributed by atoms with van der Waals surface area (Å²) < 4.78 is 11.1. The van der Waals surface area contributed by atoms with Gasteiger partial charge in [0, 0.05) is 18.2 Å². The number of hydrogen-bond donors (Lipinski definition) is 2. The Morgan fingerprint density at radius 2 is 2.17 bits per heavy atom. The van der Waals surface area contributed by atoms with E-state index in [9.17, 15) is 14.7 Å². The first-order valence-corrected chi connectivity index (χ1v) is 7.73. The van der Waals surface area contributed by atoms with Crippen LogP contribution in [0.25, 0.3) is 0 Å². The highest BCUT2D eigenvalue weighted by Gasteiger charge is 2.34. The van der Waals surface area contributed by atoms with E-state index in [1.165, 1.54) is 12.1 Å².